The van der Waals surface area contributed by atoms with Crippen molar-refractivity contribution in [3.63, 3.8) is 0 Å². The Morgan fingerprint density at radius 3 is 1.86 bits per heavy atom. The molecular formula is C29H55FN4O5Si3. The molecule has 2 aromatic heterocycles. The van der Waals surface area contributed by atoms with Gasteiger partial charge in [-0.3, -0.25) is 9.36 Å². The number of nitrogen functional groups attached to an aromatic ring is 1. The Kier molecular flexibility index (Phi) is 9.38. The van der Waals surface area contributed by atoms with Crippen molar-refractivity contribution in [2.75, 3.05) is 12.3 Å². The molecule has 240 valence electrons. The first-order valence-electron chi connectivity index (χ1n) is 14.9. The lowest BCUT2D eigenvalue weighted by molar-refractivity contribution is -0.0470. The van der Waals surface area contributed by atoms with Crippen molar-refractivity contribution in [3.05, 3.63) is 22.5 Å². The van der Waals surface area contributed by atoms with Crippen LogP contribution in [0.2, 0.25) is 54.4 Å². The number of aromatic amines is 1. The molecule has 0 spiro atoms. The van der Waals surface area contributed by atoms with Gasteiger partial charge in [0.25, 0.3) is 5.56 Å². The molecule has 9 nitrogen and oxygen atoms in total. The number of halogens is 1. The quantitative estimate of drug-likeness (QED) is 0.294. The fourth-order valence-corrected chi connectivity index (χ4v) is 7.79. The molecule has 3 rings (SSSR count). The molecule has 0 saturated carbocycles. The van der Waals surface area contributed by atoms with Gasteiger partial charge in [-0.05, 0) is 54.4 Å². The zero-order valence-electron chi connectivity index (χ0n) is 28.5. The van der Waals surface area contributed by atoms with Crippen molar-refractivity contribution in [1.29, 1.82) is 0 Å². The van der Waals surface area contributed by atoms with Crippen molar-refractivity contribution < 1.29 is 22.4 Å². The minimum absolute atomic E-state index is 0.0000629. The van der Waals surface area contributed by atoms with Crippen LogP contribution in [0, 0.1) is 5.82 Å². The summed E-state index contributed by atoms with van der Waals surface area (Å²) in [7, 11) is -6.90. The van der Waals surface area contributed by atoms with Gasteiger partial charge in [-0.1, -0.05) is 62.3 Å². The van der Waals surface area contributed by atoms with Crippen LogP contribution in [0.1, 0.15) is 68.5 Å². The summed E-state index contributed by atoms with van der Waals surface area (Å²) in [5.41, 5.74) is 5.24. The van der Waals surface area contributed by atoms with Crippen molar-refractivity contribution in [2.24, 2.45) is 0 Å². The number of fused-ring (bicyclic) bond motifs is 1. The van der Waals surface area contributed by atoms with Gasteiger partial charge in [0.1, 0.15) is 29.6 Å². The first kappa shape index (κ1) is 35.1. The number of hydrogen-bond acceptors (Lipinski definition) is 7. The van der Waals surface area contributed by atoms with E-state index in [-0.39, 0.29) is 32.0 Å². The number of anilines is 1. The minimum atomic E-state index is -2.41. The van der Waals surface area contributed by atoms with Gasteiger partial charge in [0.15, 0.2) is 42.5 Å². The summed E-state index contributed by atoms with van der Waals surface area (Å²) in [6.07, 6.45) is -0.967. The molecule has 1 aliphatic rings. The predicted molar refractivity (Wildman–Crippen MR) is 176 cm³/mol. The first-order valence-corrected chi connectivity index (χ1v) is 23.6. The lowest BCUT2D eigenvalue weighted by Crippen LogP contribution is -2.54. The Bertz CT molecular complexity index is 1340. The van der Waals surface area contributed by atoms with Crippen molar-refractivity contribution >= 4 is 41.8 Å². The smallest absolute Gasteiger partial charge is 0.277 e. The third kappa shape index (κ3) is 6.66. The van der Waals surface area contributed by atoms with E-state index < -0.39 is 60.9 Å². The van der Waals surface area contributed by atoms with E-state index in [1.807, 2.05) is 0 Å². The van der Waals surface area contributed by atoms with Gasteiger partial charge in [-0.15, -0.1) is 0 Å². The Morgan fingerprint density at radius 2 is 1.38 bits per heavy atom. The summed E-state index contributed by atoms with van der Waals surface area (Å²) in [5.74, 6) is -1.10. The van der Waals surface area contributed by atoms with E-state index in [4.69, 9.17) is 23.7 Å². The Hall–Kier alpha value is -1.36. The largest absolute Gasteiger partial charge is 0.414 e. The van der Waals surface area contributed by atoms with Crippen molar-refractivity contribution in [1.82, 2.24) is 14.5 Å². The molecule has 1 saturated heterocycles. The van der Waals surface area contributed by atoms with E-state index >= 15 is 4.39 Å². The van der Waals surface area contributed by atoms with Gasteiger partial charge in [0, 0.05) is 0 Å². The molecule has 0 aliphatic carbocycles. The molecule has 0 amide bonds. The second kappa shape index (κ2) is 11.2. The number of aromatic nitrogens is 3. The first-order chi connectivity index (χ1) is 18.7. The van der Waals surface area contributed by atoms with Gasteiger partial charge >= 0.3 is 0 Å². The third-order valence-corrected chi connectivity index (χ3v) is 23.6. The van der Waals surface area contributed by atoms with Crippen molar-refractivity contribution in [3.8, 4) is 0 Å². The molecule has 3 N–H and O–H groups in total. The average molecular weight is 643 g/mol. The van der Waals surface area contributed by atoms with E-state index in [9.17, 15) is 4.79 Å². The highest BCUT2D eigenvalue weighted by atomic mass is 28.4. The number of H-pyrrole nitrogens is 1. The molecule has 0 aromatic carbocycles. The average Bonchev–Trinajstić information content (AvgIpc) is 3.36. The molecule has 0 bridgehead atoms. The van der Waals surface area contributed by atoms with Crippen LogP contribution in [0.25, 0.3) is 11.0 Å². The molecule has 0 radical (unpaired) electrons. The predicted octanol–water partition coefficient (Wildman–Crippen LogP) is 7.15. The summed E-state index contributed by atoms with van der Waals surface area (Å²) in [6, 6.07) is 0. The van der Waals surface area contributed by atoms with Gasteiger partial charge in [0.05, 0.1) is 12.9 Å². The number of nitrogens with zero attached hydrogens (tertiary/aromatic N) is 2. The molecule has 1 aliphatic heterocycles. The van der Waals surface area contributed by atoms with Crippen molar-refractivity contribution in [2.45, 2.75) is 141 Å². The van der Waals surface area contributed by atoms with Crippen LogP contribution in [0.15, 0.2) is 11.1 Å². The monoisotopic (exact) mass is 642 g/mol. The summed E-state index contributed by atoms with van der Waals surface area (Å²) in [4.78, 5) is 19.3. The standard InChI is InChI=1S/C29H55FN4O5Si3/c1-27(2,3)40(10,11)36-16-18-22(38-41(12,13)28(4,5)6)23(39-42(14,15)29(7,8)9)26(37-18)34-17-32-20-21(34)19(30)24(31)33-25(20)35/h17-18,22-23,26H,16H2,1-15H3,(H3,31,33,35)/t18-,22-,23-,26-/m1/s1. The molecule has 4 atom stereocenters. The SMILES string of the molecule is CC(C)(C)[Si](C)(C)OC[C@H]1O[C@@H](n2cnc3c(=O)[nH]c(N)c(F)c32)[C@H](O[Si](C)(C)C(C)(C)C)[C@@H]1O[Si](C)(C)C(C)(C)C. The van der Waals surface area contributed by atoms with E-state index in [2.05, 4.69) is 112 Å². The van der Waals surface area contributed by atoms with Crippen LogP contribution >= 0.6 is 0 Å². The Balaban J connectivity index is 2.23. The fourth-order valence-electron chi connectivity index (χ4n) is 4.18. The summed E-state index contributed by atoms with van der Waals surface area (Å²) < 4.78 is 44.9. The number of pyridine rings is 1. The Labute approximate surface area is 254 Å². The van der Waals surface area contributed by atoms with Crippen LogP contribution in [0.4, 0.5) is 10.2 Å². The van der Waals surface area contributed by atoms with Crippen LogP contribution in [0.3, 0.4) is 0 Å². The van der Waals surface area contributed by atoms with E-state index in [0.29, 0.717) is 6.61 Å². The van der Waals surface area contributed by atoms with Crippen LogP contribution in [-0.4, -0.2) is 64.4 Å². The van der Waals surface area contributed by atoms with Crippen LogP contribution < -0.4 is 11.3 Å². The number of nitrogens with one attached hydrogen (secondary N) is 1. The third-order valence-electron chi connectivity index (χ3n) is 10.1. The zero-order chi connectivity index (χ0) is 32.4. The molecule has 13 heteroatoms. The maximum Gasteiger partial charge on any atom is 0.277 e. The Morgan fingerprint density at radius 1 is 0.905 bits per heavy atom. The highest BCUT2D eigenvalue weighted by Gasteiger charge is 2.55. The lowest BCUT2D eigenvalue weighted by Gasteiger charge is -2.44. The summed E-state index contributed by atoms with van der Waals surface area (Å²) >= 11 is 0. The summed E-state index contributed by atoms with van der Waals surface area (Å²) in [6.45, 7) is 33.2. The molecule has 0 unspecified atom stereocenters. The molecular weight excluding hydrogens is 588 g/mol. The van der Waals surface area contributed by atoms with Crippen LogP contribution in [0.5, 0.6) is 0 Å². The normalized spacial score (nSPS) is 23.2. The van der Waals surface area contributed by atoms with Gasteiger partial charge in [-0.2, -0.15) is 0 Å². The van der Waals surface area contributed by atoms with Gasteiger partial charge in [0.2, 0.25) is 0 Å². The number of hydrogen-bond donors (Lipinski definition) is 2. The zero-order valence-corrected chi connectivity index (χ0v) is 31.5. The number of nitrogens with two attached hydrogens (primary N) is 1. The van der Waals surface area contributed by atoms with Crippen LogP contribution in [-0.2, 0) is 18.0 Å². The fraction of sp³-hybridized carbons (Fsp3) is 0.793. The maximum absolute atomic E-state index is 15.5. The molecule has 2 aromatic rings. The molecule has 3 heterocycles. The number of imidazole rings is 1. The number of rotatable bonds is 8. The minimum Gasteiger partial charge on any atom is -0.414 e. The lowest BCUT2D eigenvalue weighted by atomic mass is 10.1. The van der Waals surface area contributed by atoms with E-state index in [1.54, 1.807) is 4.57 Å². The highest BCUT2D eigenvalue weighted by Crippen LogP contribution is 2.47. The molecule has 1 fully saturated rings. The second-order valence-corrected chi connectivity index (χ2v) is 30.7. The summed E-state index contributed by atoms with van der Waals surface area (Å²) in [5, 5.41) is -0.189. The second-order valence-electron chi connectivity index (χ2n) is 16.4. The topological polar surface area (TPSA) is 114 Å². The highest BCUT2D eigenvalue weighted by molar-refractivity contribution is 6.75. The van der Waals surface area contributed by atoms with E-state index in [1.165, 1.54) is 6.33 Å². The number of ether oxygens (including phenoxy) is 1. The molecule has 42 heavy (non-hydrogen) atoms. The maximum atomic E-state index is 15.5. The van der Waals surface area contributed by atoms with Gasteiger partial charge in [-0.25, -0.2) is 9.37 Å². The van der Waals surface area contributed by atoms with E-state index in [0.717, 1.165) is 0 Å². The van der Waals surface area contributed by atoms with Gasteiger partial charge < -0.3 is 28.7 Å².